The fourth-order valence-electron chi connectivity index (χ4n) is 2.22. The van der Waals surface area contributed by atoms with Gasteiger partial charge in [0.25, 0.3) is 0 Å². The molecule has 1 atom stereocenters. The summed E-state index contributed by atoms with van der Waals surface area (Å²) in [6.07, 6.45) is 3.16. The maximum atomic E-state index is 11.7. The standard InChI is InChI=1S/C11H20N2O2/c14-11(10-1-4-12-8-10)13-7-9-2-5-15-6-3-9/h9-10,12H,1-8H2,(H,13,14)/t10-/m1/s1. The number of carbonyl (C=O) groups excluding carboxylic acids is 1. The molecule has 2 aliphatic heterocycles. The van der Waals surface area contributed by atoms with E-state index in [1.54, 1.807) is 0 Å². The van der Waals surface area contributed by atoms with Crippen molar-refractivity contribution in [3.63, 3.8) is 0 Å². The van der Waals surface area contributed by atoms with Crippen LogP contribution in [-0.4, -0.2) is 38.8 Å². The van der Waals surface area contributed by atoms with Crippen LogP contribution in [0.25, 0.3) is 0 Å². The quantitative estimate of drug-likeness (QED) is 0.699. The molecule has 2 aliphatic rings. The van der Waals surface area contributed by atoms with Crippen LogP contribution in [0.4, 0.5) is 0 Å². The van der Waals surface area contributed by atoms with Gasteiger partial charge in [-0.3, -0.25) is 4.79 Å². The van der Waals surface area contributed by atoms with Gasteiger partial charge < -0.3 is 15.4 Å². The Morgan fingerprint density at radius 3 is 2.80 bits per heavy atom. The van der Waals surface area contributed by atoms with Crippen molar-refractivity contribution >= 4 is 5.91 Å². The lowest BCUT2D eigenvalue weighted by molar-refractivity contribution is -0.124. The molecule has 0 aliphatic carbocycles. The van der Waals surface area contributed by atoms with Crippen LogP contribution in [0.15, 0.2) is 0 Å². The summed E-state index contributed by atoms with van der Waals surface area (Å²) in [6.45, 7) is 4.37. The van der Waals surface area contributed by atoms with Crippen molar-refractivity contribution in [1.82, 2.24) is 10.6 Å². The Morgan fingerprint density at radius 2 is 2.13 bits per heavy atom. The van der Waals surface area contributed by atoms with Crippen LogP contribution < -0.4 is 10.6 Å². The molecule has 86 valence electrons. The van der Waals surface area contributed by atoms with Gasteiger partial charge in [0, 0.05) is 26.3 Å². The first-order valence-electron chi connectivity index (χ1n) is 5.92. The summed E-state index contributed by atoms with van der Waals surface area (Å²) in [7, 11) is 0. The first-order chi connectivity index (χ1) is 7.36. The average molecular weight is 212 g/mol. The fraction of sp³-hybridized carbons (Fsp3) is 0.909. The van der Waals surface area contributed by atoms with E-state index in [-0.39, 0.29) is 11.8 Å². The largest absolute Gasteiger partial charge is 0.381 e. The monoisotopic (exact) mass is 212 g/mol. The number of carbonyl (C=O) groups is 1. The van der Waals surface area contributed by atoms with Gasteiger partial charge in [-0.05, 0) is 31.7 Å². The summed E-state index contributed by atoms with van der Waals surface area (Å²) in [5, 5.41) is 6.27. The average Bonchev–Trinajstić information content (AvgIpc) is 2.81. The number of nitrogens with one attached hydrogen (secondary N) is 2. The minimum Gasteiger partial charge on any atom is -0.381 e. The predicted molar refractivity (Wildman–Crippen MR) is 57.5 cm³/mol. The second kappa shape index (κ2) is 5.47. The SMILES string of the molecule is O=C(NCC1CCOCC1)[C@@H]1CCNC1. The molecule has 0 aromatic heterocycles. The highest BCUT2D eigenvalue weighted by Crippen LogP contribution is 2.14. The van der Waals surface area contributed by atoms with E-state index < -0.39 is 0 Å². The van der Waals surface area contributed by atoms with Crippen molar-refractivity contribution < 1.29 is 9.53 Å². The van der Waals surface area contributed by atoms with E-state index in [2.05, 4.69) is 10.6 Å². The van der Waals surface area contributed by atoms with Crippen molar-refractivity contribution in [2.75, 3.05) is 32.8 Å². The van der Waals surface area contributed by atoms with Crippen LogP contribution in [0, 0.1) is 11.8 Å². The third kappa shape index (κ3) is 3.18. The van der Waals surface area contributed by atoms with E-state index in [4.69, 9.17) is 4.74 Å². The van der Waals surface area contributed by atoms with Gasteiger partial charge in [-0.1, -0.05) is 0 Å². The molecule has 2 heterocycles. The van der Waals surface area contributed by atoms with Crippen LogP contribution >= 0.6 is 0 Å². The minimum absolute atomic E-state index is 0.199. The van der Waals surface area contributed by atoms with Gasteiger partial charge in [-0.2, -0.15) is 0 Å². The minimum atomic E-state index is 0.199. The van der Waals surface area contributed by atoms with Gasteiger partial charge in [-0.25, -0.2) is 0 Å². The molecule has 4 nitrogen and oxygen atoms in total. The van der Waals surface area contributed by atoms with Gasteiger partial charge in [-0.15, -0.1) is 0 Å². The van der Waals surface area contributed by atoms with Gasteiger partial charge in [0.2, 0.25) is 5.91 Å². The number of amides is 1. The predicted octanol–water partition coefficient (Wildman–Crippen LogP) is 0.139. The Morgan fingerprint density at radius 1 is 1.33 bits per heavy atom. The normalized spacial score (nSPS) is 27.9. The van der Waals surface area contributed by atoms with Crippen LogP contribution in [0.2, 0.25) is 0 Å². The Hall–Kier alpha value is -0.610. The van der Waals surface area contributed by atoms with Gasteiger partial charge in [0.05, 0.1) is 5.92 Å². The van der Waals surface area contributed by atoms with Crippen molar-refractivity contribution in [3.05, 3.63) is 0 Å². The Kier molecular flexibility index (Phi) is 3.97. The molecule has 1 amide bonds. The number of hydrogen-bond donors (Lipinski definition) is 2. The molecule has 0 radical (unpaired) electrons. The maximum absolute atomic E-state index is 11.7. The molecule has 0 aromatic carbocycles. The molecule has 15 heavy (non-hydrogen) atoms. The third-order valence-corrected chi connectivity index (χ3v) is 3.34. The van der Waals surface area contributed by atoms with Crippen molar-refractivity contribution in [3.8, 4) is 0 Å². The number of hydrogen-bond acceptors (Lipinski definition) is 3. The first-order valence-corrected chi connectivity index (χ1v) is 5.92. The zero-order chi connectivity index (χ0) is 10.5. The third-order valence-electron chi connectivity index (χ3n) is 3.34. The highest BCUT2D eigenvalue weighted by atomic mass is 16.5. The Labute approximate surface area is 90.8 Å². The van der Waals surface area contributed by atoms with Crippen LogP contribution in [-0.2, 0) is 9.53 Å². The second-order valence-corrected chi connectivity index (χ2v) is 4.49. The topological polar surface area (TPSA) is 50.4 Å². The molecular formula is C11H20N2O2. The summed E-state index contributed by atoms with van der Waals surface area (Å²) < 4.78 is 5.28. The molecule has 2 rings (SSSR count). The van der Waals surface area contributed by atoms with E-state index in [9.17, 15) is 4.79 Å². The summed E-state index contributed by atoms with van der Waals surface area (Å²) >= 11 is 0. The number of ether oxygens (including phenoxy) is 1. The van der Waals surface area contributed by atoms with Crippen LogP contribution in [0.1, 0.15) is 19.3 Å². The molecule has 0 saturated carbocycles. The molecular weight excluding hydrogens is 192 g/mol. The van der Waals surface area contributed by atoms with E-state index in [0.29, 0.717) is 5.92 Å². The molecule has 4 heteroatoms. The lowest BCUT2D eigenvalue weighted by Crippen LogP contribution is -2.36. The lowest BCUT2D eigenvalue weighted by Gasteiger charge is -2.22. The fourth-order valence-corrected chi connectivity index (χ4v) is 2.22. The van der Waals surface area contributed by atoms with E-state index in [1.165, 1.54) is 0 Å². The Balaban J connectivity index is 1.65. The molecule has 0 aromatic rings. The summed E-state index contributed by atoms with van der Waals surface area (Å²) in [6, 6.07) is 0. The maximum Gasteiger partial charge on any atom is 0.224 e. The van der Waals surface area contributed by atoms with Crippen molar-refractivity contribution in [2.45, 2.75) is 19.3 Å². The van der Waals surface area contributed by atoms with Gasteiger partial charge >= 0.3 is 0 Å². The highest BCUT2D eigenvalue weighted by Gasteiger charge is 2.23. The highest BCUT2D eigenvalue weighted by molar-refractivity contribution is 5.79. The molecule has 0 bridgehead atoms. The lowest BCUT2D eigenvalue weighted by atomic mass is 10.00. The van der Waals surface area contributed by atoms with E-state index >= 15 is 0 Å². The van der Waals surface area contributed by atoms with Crippen LogP contribution in [0.5, 0.6) is 0 Å². The van der Waals surface area contributed by atoms with Gasteiger partial charge in [0.15, 0.2) is 0 Å². The molecule has 2 fully saturated rings. The molecule has 2 saturated heterocycles. The smallest absolute Gasteiger partial charge is 0.224 e. The summed E-state index contributed by atoms with van der Waals surface area (Å²) in [4.78, 5) is 11.7. The van der Waals surface area contributed by atoms with E-state index in [0.717, 1.165) is 52.1 Å². The zero-order valence-electron chi connectivity index (χ0n) is 9.13. The molecule has 0 spiro atoms. The van der Waals surface area contributed by atoms with Crippen molar-refractivity contribution in [2.24, 2.45) is 11.8 Å². The molecule has 2 N–H and O–H groups in total. The van der Waals surface area contributed by atoms with Crippen LogP contribution in [0.3, 0.4) is 0 Å². The first kappa shape index (κ1) is 10.9. The molecule has 0 unspecified atom stereocenters. The van der Waals surface area contributed by atoms with Crippen molar-refractivity contribution in [1.29, 1.82) is 0 Å². The second-order valence-electron chi connectivity index (χ2n) is 4.49. The zero-order valence-corrected chi connectivity index (χ0v) is 9.13. The summed E-state index contributed by atoms with van der Waals surface area (Å²) in [5.41, 5.74) is 0. The summed E-state index contributed by atoms with van der Waals surface area (Å²) in [5.74, 6) is 1.05. The van der Waals surface area contributed by atoms with E-state index in [1.807, 2.05) is 0 Å². The van der Waals surface area contributed by atoms with Gasteiger partial charge in [0.1, 0.15) is 0 Å². The number of rotatable bonds is 3. The Bertz CT molecular complexity index is 209.